The van der Waals surface area contributed by atoms with E-state index in [4.69, 9.17) is 54.0 Å². The standard InChI is InChI=1S/C21H23F2NO8P.C20H22ClN2O8P.CH4/c1-12(25)13-3-2-5-24(10-13)21-20(27)19(26)18(31-21)11-30-33(28)29-6-4-17(32-33)14-7-15(22)9-16(23)8-14;21-14-5-1-3-12(9-14)15-6-8-28-32(27,31-15)29-11-16-17(24)18(25)20(30-16)23-7-2-4-13(10-23)19(22)26;/h2-3,5,7-10,17-21,26-27H,4,6,11H2,1H3;1-5,7,9-10,15-18,20,24-25H,6,8,11H2,(H-,22,26);1H4/q+1;;/p+1/t17-,18+,19?,20-,21+,33?;15-,16+,17?,18-,20+,32?;/m00./s1. The summed E-state index contributed by atoms with van der Waals surface area (Å²) in [6.07, 6.45) is -4.38. The molecular weight excluding hydrogens is 938 g/mol. The number of nitrogens with zero attached hydrogens (tertiary/aromatic N) is 2. The number of carbonyl (C=O) groups excluding carboxylic acids is 2. The normalized spacial score (nSPS) is 31.9. The molecule has 24 heteroatoms. The summed E-state index contributed by atoms with van der Waals surface area (Å²) in [7, 11) is -8.09. The van der Waals surface area contributed by atoms with E-state index in [1.807, 2.05) is 0 Å². The Kier molecular flexibility index (Phi) is 17.1. The number of amides is 1. The highest BCUT2D eigenvalue weighted by Crippen LogP contribution is 2.58. The first-order valence-corrected chi connectivity index (χ1v) is 23.4. The summed E-state index contributed by atoms with van der Waals surface area (Å²) < 4.78 is 99.2. The van der Waals surface area contributed by atoms with Crippen LogP contribution in [-0.2, 0) is 45.7 Å². The van der Waals surface area contributed by atoms with Crippen LogP contribution in [-0.4, -0.2) is 95.2 Å². The van der Waals surface area contributed by atoms with Crippen molar-refractivity contribution >= 4 is 38.9 Å². The quantitative estimate of drug-likeness (QED) is 0.0735. The lowest BCUT2D eigenvalue weighted by molar-refractivity contribution is -0.766. The Morgan fingerprint density at radius 2 is 1.21 bits per heavy atom. The van der Waals surface area contributed by atoms with Gasteiger partial charge in [0, 0.05) is 36.1 Å². The van der Waals surface area contributed by atoms with E-state index in [2.05, 4.69) is 0 Å². The van der Waals surface area contributed by atoms with E-state index in [1.165, 1.54) is 34.5 Å². The molecule has 2 aromatic carbocycles. The summed E-state index contributed by atoms with van der Waals surface area (Å²) >= 11 is 6.02. The van der Waals surface area contributed by atoms with Crippen molar-refractivity contribution < 1.29 is 93.7 Å². The van der Waals surface area contributed by atoms with Crippen molar-refractivity contribution in [1.82, 2.24) is 0 Å². The third kappa shape index (κ3) is 12.4. The number of hydrogen-bond donors (Lipinski definition) is 5. The molecule has 19 nitrogen and oxygen atoms in total. The Balaban J connectivity index is 0.000000215. The molecule has 6 N–H and O–H groups in total. The van der Waals surface area contributed by atoms with Crippen molar-refractivity contribution in [3.05, 3.63) is 130 Å². The SMILES string of the molecule is C.CC(=O)c1ccc[n+]([C@@H]2O[C@H](COP3(=O)OCC[C@@H](c4cc(F)cc(F)c4)O3)C(O)[C@@H]2O)c1.NC(=O)c1ccc[n+]([C@@H]2O[C@H](COP3(=O)OCC[C@@H](c4cccc(Cl)c4)O3)C(O)[C@@H]2O)c1. The molecule has 1 amide bonds. The van der Waals surface area contributed by atoms with Gasteiger partial charge < -0.3 is 35.6 Å². The van der Waals surface area contributed by atoms with Gasteiger partial charge in [-0.05, 0) is 54.4 Å². The van der Waals surface area contributed by atoms with Gasteiger partial charge >= 0.3 is 15.6 Å². The molecule has 4 aliphatic heterocycles. The summed E-state index contributed by atoms with van der Waals surface area (Å²) in [6, 6.07) is 16.1. The fraction of sp³-hybridized carbons (Fsp3) is 0.429. The van der Waals surface area contributed by atoms with E-state index in [0.717, 1.165) is 17.7 Å². The van der Waals surface area contributed by atoms with Gasteiger partial charge in [-0.3, -0.25) is 36.7 Å². The molecule has 0 spiro atoms. The molecule has 12 atom stereocenters. The molecule has 358 valence electrons. The van der Waals surface area contributed by atoms with Gasteiger partial charge in [-0.2, -0.15) is 9.13 Å². The first-order valence-electron chi connectivity index (χ1n) is 20.1. The predicted molar refractivity (Wildman–Crippen MR) is 224 cm³/mol. The fourth-order valence-corrected chi connectivity index (χ4v) is 10.3. The zero-order chi connectivity index (χ0) is 46.6. The van der Waals surface area contributed by atoms with Gasteiger partial charge in [0.15, 0.2) is 42.8 Å². The van der Waals surface area contributed by atoms with E-state index in [0.29, 0.717) is 23.1 Å². The van der Waals surface area contributed by atoms with E-state index >= 15 is 0 Å². The van der Waals surface area contributed by atoms with E-state index in [9.17, 15) is 47.9 Å². The van der Waals surface area contributed by atoms with Crippen LogP contribution in [0.15, 0.2) is 91.5 Å². The molecule has 4 unspecified atom stereocenters. The molecule has 66 heavy (non-hydrogen) atoms. The Bertz CT molecular complexity index is 2440. The van der Waals surface area contributed by atoms with Gasteiger partial charge in [-0.15, -0.1) is 0 Å². The lowest BCUT2D eigenvalue weighted by Crippen LogP contribution is -2.46. The number of rotatable bonds is 12. The van der Waals surface area contributed by atoms with Gasteiger partial charge in [0.25, 0.3) is 18.4 Å². The number of aromatic nitrogens is 2. The number of aliphatic hydroxyl groups excluding tert-OH is 4. The molecule has 0 bridgehead atoms. The van der Waals surface area contributed by atoms with Crippen LogP contribution in [0.2, 0.25) is 5.02 Å². The highest BCUT2D eigenvalue weighted by Gasteiger charge is 2.51. The minimum absolute atomic E-state index is 0. The third-order valence-corrected chi connectivity index (χ3v) is 13.8. The second-order valence-electron chi connectivity index (χ2n) is 15.3. The van der Waals surface area contributed by atoms with Crippen LogP contribution in [0.5, 0.6) is 0 Å². The number of Topliss-reactive ketones (excluding diaryl/α,β-unsaturated/α-hetero) is 1. The highest BCUT2D eigenvalue weighted by molar-refractivity contribution is 7.48. The number of phosphoric ester groups is 2. The van der Waals surface area contributed by atoms with Gasteiger partial charge in [0.1, 0.15) is 41.6 Å². The van der Waals surface area contributed by atoms with Crippen molar-refractivity contribution in [2.24, 2.45) is 5.73 Å². The number of aliphatic hydroxyl groups is 4. The van der Waals surface area contributed by atoms with E-state index in [-0.39, 0.29) is 50.6 Å². The molecule has 0 radical (unpaired) electrons. The van der Waals surface area contributed by atoms with Crippen molar-refractivity contribution in [2.75, 3.05) is 26.4 Å². The van der Waals surface area contributed by atoms with Gasteiger partial charge in [0.2, 0.25) is 0 Å². The molecule has 6 heterocycles. The van der Waals surface area contributed by atoms with Crippen molar-refractivity contribution in [3.63, 3.8) is 0 Å². The first-order chi connectivity index (χ1) is 30.9. The summed E-state index contributed by atoms with van der Waals surface area (Å²) in [5, 5.41) is 42.1. The fourth-order valence-electron chi connectivity index (χ4n) is 7.29. The molecule has 0 aliphatic carbocycles. The number of ketones is 1. The second-order valence-corrected chi connectivity index (χ2v) is 18.9. The monoisotopic (exact) mass is 987 g/mol. The molecule has 4 aliphatic rings. The summed E-state index contributed by atoms with van der Waals surface area (Å²) in [4.78, 5) is 23.0. The van der Waals surface area contributed by atoms with Gasteiger partial charge in [0.05, 0.1) is 44.2 Å². The Hall–Kier alpha value is -3.99. The lowest BCUT2D eigenvalue weighted by Gasteiger charge is -2.29. The number of ether oxygens (including phenoxy) is 2. The molecule has 4 fully saturated rings. The minimum Gasteiger partial charge on any atom is -0.387 e. The maximum absolute atomic E-state index is 13.5. The average molecular weight is 988 g/mol. The second kappa shape index (κ2) is 22.0. The Labute approximate surface area is 382 Å². The van der Waals surface area contributed by atoms with Crippen molar-refractivity contribution in [2.45, 2.75) is 88.5 Å². The maximum Gasteiger partial charge on any atom is 0.475 e. The number of phosphoric acid groups is 2. The number of pyridine rings is 2. The molecule has 2 aromatic heterocycles. The molecule has 8 rings (SSSR count). The zero-order valence-corrected chi connectivity index (χ0v) is 36.9. The van der Waals surface area contributed by atoms with Crippen LogP contribution >= 0.6 is 27.2 Å². The number of halogens is 3. The number of hydrogen-bond acceptors (Lipinski definition) is 16. The topological polar surface area (TPSA) is 257 Å². The Morgan fingerprint density at radius 1 is 0.727 bits per heavy atom. The summed E-state index contributed by atoms with van der Waals surface area (Å²) in [5.74, 6) is -2.43. The van der Waals surface area contributed by atoms with Crippen molar-refractivity contribution in [1.29, 1.82) is 0 Å². The third-order valence-electron chi connectivity index (χ3n) is 10.6. The highest BCUT2D eigenvalue weighted by atomic mass is 35.5. The van der Waals surface area contributed by atoms with E-state index in [1.54, 1.807) is 54.9 Å². The number of primary amides is 1. The summed E-state index contributed by atoms with van der Waals surface area (Å²) in [6.45, 7) is 0.675. The molecule has 4 aromatic rings. The number of carbonyl (C=O) groups is 2. The van der Waals surface area contributed by atoms with Crippen LogP contribution < -0.4 is 14.9 Å². The minimum atomic E-state index is -4.15. The largest absolute Gasteiger partial charge is 0.475 e. The molecular formula is C42H50ClF2N3O16P2+2. The molecule has 4 saturated heterocycles. The van der Waals surface area contributed by atoms with Gasteiger partial charge in [-0.1, -0.05) is 31.2 Å². The number of benzene rings is 2. The first kappa shape index (κ1) is 51.4. The van der Waals surface area contributed by atoms with Crippen LogP contribution in [0.3, 0.4) is 0 Å². The van der Waals surface area contributed by atoms with Crippen LogP contribution in [0.4, 0.5) is 8.78 Å². The number of nitrogens with two attached hydrogens (primary N) is 1. The average Bonchev–Trinajstić information content (AvgIpc) is 3.73. The van der Waals surface area contributed by atoms with Crippen LogP contribution in [0.1, 0.15) is 83.7 Å². The predicted octanol–water partition coefficient (Wildman–Crippen LogP) is 4.66. The zero-order valence-electron chi connectivity index (χ0n) is 34.4. The lowest BCUT2D eigenvalue weighted by atomic mass is 10.1. The smallest absolute Gasteiger partial charge is 0.387 e. The maximum atomic E-state index is 13.5. The van der Waals surface area contributed by atoms with Crippen LogP contribution in [0, 0.1) is 11.6 Å². The summed E-state index contributed by atoms with van der Waals surface area (Å²) in [5.41, 5.74) is 6.76. The van der Waals surface area contributed by atoms with Crippen LogP contribution in [0.25, 0.3) is 0 Å². The molecule has 0 saturated carbocycles. The van der Waals surface area contributed by atoms with Gasteiger partial charge in [-0.25, -0.2) is 17.9 Å². The Morgan fingerprint density at radius 3 is 1.70 bits per heavy atom. The van der Waals surface area contributed by atoms with Crippen molar-refractivity contribution in [3.8, 4) is 0 Å². The van der Waals surface area contributed by atoms with E-state index < -0.39 is 101 Å².